The Morgan fingerprint density at radius 3 is 2.33 bits per heavy atom. The molecule has 0 aliphatic rings. The van der Waals surface area contributed by atoms with E-state index in [1.807, 2.05) is 0 Å². The number of anilines is 1. The third-order valence-corrected chi connectivity index (χ3v) is 3.28. The van der Waals surface area contributed by atoms with Gasteiger partial charge in [-0.25, -0.2) is 18.4 Å². The number of amides is 1. The van der Waals surface area contributed by atoms with Gasteiger partial charge in [0.2, 0.25) is 10.0 Å². The first kappa shape index (κ1) is 14.9. The maximum Gasteiger partial charge on any atom is 0.335 e. The number of nitrogens with one attached hydrogen (secondary N) is 1. The fraction of sp³-hybridized carbons (Fsp3) is 0.0769. The van der Waals surface area contributed by atoms with Crippen LogP contribution >= 0.6 is 0 Å². The van der Waals surface area contributed by atoms with Crippen LogP contribution in [-0.2, 0) is 15.8 Å². The van der Waals surface area contributed by atoms with Gasteiger partial charge in [-0.2, -0.15) is 0 Å². The summed E-state index contributed by atoms with van der Waals surface area (Å²) in [6.45, 7) is 0. The monoisotopic (exact) mass is 308 g/mol. The van der Waals surface area contributed by atoms with E-state index in [4.69, 9.17) is 5.14 Å². The third-order valence-electron chi connectivity index (χ3n) is 2.54. The third kappa shape index (κ3) is 4.55. The van der Waals surface area contributed by atoms with Gasteiger partial charge in [0.25, 0.3) is 5.91 Å². The van der Waals surface area contributed by atoms with Gasteiger partial charge in [-0.1, -0.05) is 12.1 Å². The molecule has 0 atom stereocenters. The zero-order valence-electron chi connectivity index (χ0n) is 10.8. The second kappa shape index (κ2) is 5.90. The zero-order valence-corrected chi connectivity index (χ0v) is 11.6. The fourth-order valence-electron chi connectivity index (χ4n) is 1.61. The summed E-state index contributed by atoms with van der Waals surface area (Å²) in [6.07, 6.45) is 1.06. The number of hydrogen-bond acceptors (Lipinski definition) is 5. The largest absolute Gasteiger partial charge is 0.430 e. The molecule has 0 bridgehead atoms. The van der Waals surface area contributed by atoms with Crippen LogP contribution in [0.5, 0.6) is 0 Å². The van der Waals surface area contributed by atoms with Crippen LogP contribution < -0.4 is 16.1 Å². The molecule has 1 amide bonds. The molecular formula is C13H12N2O5S. The van der Waals surface area contributed by atoms with Crippen LogP contribution in [0.4, 0.5) is 5.69 Å². The molecule has 2 aromatic rings. The van der Waals surface area contributed by atoms with Gasteiger partial charge in [0, 0.05) is 11.8 Å². The van der Waals surface area contributed by atoms with Crippen molar-refractivity contribution in [3.05, 3.63) is 64.2 Å². The highest BCUT2D eigenvalue weighted by molar-refractivity contribution is 7.88. The molecule has 0 aliphatic heterocycles. The summed E-state index contributed by atoms with van der Waals surface area (Å²) in [5.74, 6) is -0.719. The van der Waals surface area contributed by atoms with Crippen molar-refractivity contribution in [3.63, 3.8) is 0 Å². The fourth-order valence-corrected chi connectivity index (χ4v) is 2.26. The van der Waals surface area contributed by atoms with E-state index in [1.165, 1.54) is 6.07 Å². The second-order valence-electron chi connectivity index (χ2n) is 4.30. The predicted octanol–water partition coefficient (Wildman–Crippen LogP) is 0.681. The molecule has 8 heteroatoms. The molecule has 0 saturated heterocycles. The van der Waals surface area contributed by atoms with E-state index in [0.717, 1.165) is 12.3 Å². The molecule has 1 heterocycles. The van der Waals surface area contributed by atoms with Gasteiger partial charge in [-0.15, -0.1) is 0 Å². The van der Waals surface area contributed by atoms with Crippen molar-refractivity contribution in [3.8, 4) is 0 Å². The first-order valence-electron chi connectivity index (χ1n) is 5.83. The van der Waals surface area contributed by atoms with E-state index >= 15 is 0 Å². The lowest BCUT2D eigenvalue weighted by molar-refractivity contribution is 0.102. The van der Waals surface area contributed by atoms with Gasteiger partial charge < -0.3 is 9.73 Å². The number of carbonyl (C=O) groups is 1. The Morgan fingerprint density at radius 2 is 1.81 bits per heavy atom. The number of rotatable bonds is 4. The Morgan fingerprint density at radius 1 is 1.14 bits per heavy atom. The average molecular weight is 308 g/mol. The number of nitrogens with two attached hydrogens (primary N) is 1. The summed E-state index contributed by atoms with van der Waals surface area (Å²) < 4.78 is 26.5. The highest BCUT2D eigenvalue weighted by Crippen LogP contribution is 2.12. The van der Waals surface area contributed by atoms with Crippen molar-refractivity contribution in [1.29, 1.82) is 0 Å². The molecule has 0 saturated carbocycles. The number of benzene rings is 1. The molecule has 0 radical (unpaired) electrons. The van der Waals surface area contributed by atoms with Crippen LogP contribution in [0.25, 0.3) is 0 Å². The summed E-state index contributed by atoms with van der Waals surface area (Å²) in [6, 6.07) is 8.69. The van der Waals surface area contributed by atoms with Crippen LogP contribution in [0.2, 0.25) is 0 Å². The lowest BCUT2D eigenvalue weighted by atomic mass is 10.2. The lowest BCUT2D eigenvalue weighted by Crippen LogP contribution is -2.15. The zero-order chi connectivity index (χ0) is 15.5. The SMILES string of the molecule is NS(=O)(=O)Cc1ccc(NC(=O)c2ccc(=O)oc2)cc1. The van der Waals surface area contributed by atoms with Gasteiger partial charge in [-0.3, -0.25) is 4.79 Å². The molecule has 110 valence electrons. The van der Waals surface area contributed by atoms with E-state index in [1.54, 1.807) is 24.3 Å². The maximum absolute atomic E-state index is 11.9. The van der Waals surface area contributed by atoms with Crippen LogP contribution in [0.1, 0.15) is 15.9 Å². The van der Waals surface area contributed by atoms with Crippen molar-refractivity contribution in [2.24, 2.45) is 5.14 Å². The van der Waals surface area contributed by atoms with Crippen molar-refractivity contribution >= 4 is 21.6 Å². The standard InChI is InChI=1S/C13H12N2O5S/c14-21(18,19)8-9-1-4-11(5-2-9)15-13(17)10-3-6-12(16)20-7-10/h1-7H,8H2,(H,15,17)(H2,14,18,19). The van der Waals surface area contributed by atoms with Gasteiger partial charge in [0.15, 0.2) is 0 Å². The van der Waals surface area contributed by atoms with Gasteiger partial charge >= 0.3 is 5.63 Å². The van der Waals surface area contributed by atoms with Crippen LogP contribution in [0, 0.1) is 0 Å². The van der Waals surface area contributed by atoms with Crippen molar-refractivity contribution < 1.29 is 17.6 Å². The van der Waals surface area contributed by atoms with E-state index in [9.17, 15) is 18.0 Å². The average Bonchev–Trinajstić information content (AvgIpc) is 2.40. The molecule has 0 unspecified atom stereocenters. The van der Waals surface area contributed by atoms with E-state index in [0.29, 0.717) is 11.3 Å². The molecule has 0 aliphatic carbocycles. The first-order chi connectivity index (χ1) is 9.83. The number of primary sulfonamides is 1. The highest BCUT2D eigenvalue weighted by Gasteiger charge is 2.08. The summed E-state index contributed by atoms with van der Waals surface area (Å²) in [4.78, 5) is 22.6. The second-order valence-corrected chi connectivity index (χ2v) is 5.92. The lowest BCUT2D eigenvalue weighted by Gasteiger charge is -2.05. The summed E-state index contributed by atoms with van der Waals surface area (Å²) in [5, 5.41) is 7.53. The molecule has 1 aromatic carbocycles. The normalized spacial score (nSPS) is 11.1. The molecule has 0 fully saturated rings. The first-order valence-corrected chi connectivity index (χ1v) is 7.55. The Bertz CT molecular complexity index is 789. The molecule has 0 spiro atoms. The Labute approximate surface area is 120 Å². The van der Waals surface area contributed by atoms with Crippen LogP contribution in [0.3, 0.4) is 0 Å². The highest BCUT2D eigenvalue weighted by atomic mass is 32.2. The van der Waals surface area contributed by atoms with E-state index in [2.05, 4.69) is 9.73 Å². The van der Waals surface area contributed by atoms with Gasteiger partial charge in [-0.05, 0) is 23.8 Å². The smallest absolute Gasteiger partial charge is 0.335 e. The molecule has 1 aromatic heterocycles. The van der Waals surface area contributed by atoms with Crippen molar-refractivity contribution in [2.75, 3.05) is 5.32 Å². The topological polar surface area (TPSA) is 119 Å². The quantitative estimate of drug-likeness (QED) is 0.860. The molecule has 2 rings (SSSR count). The Hall–Kier alpha value is -2.45. The van der Waals surface area contributed by atoms with Gasteiger partial charge in [0.05, 0.1) is 11.3 Å². The predicted molar refractivity (Wildman–Crippen MR) is 76.2 cm³/mol. The van der Waals surface area contributed by atoms with E-state index < -0.39 is 21.6 Å². The van der Waals surface area contributed by atoms with Crippen LogP contribution in [0.15, 0.2) is 51.9 Å². The van der Waals surface area contributed by atoms with Crippen LogP contribution in [-0.4, -0.2) is 14.3 Å². The molecule has 7 nitrogen and oxygen atoms in total. The Balaban J connectivity index is 2.08. The number of carbonyl (C=O) groups excluding carboxylic acids is 1. The molecule has 3 N–H and O–H groups in total. The minimum atomic E-state index is -3.59. The van der Waals surface area contributed by atoms with Crippen molar-refractivity contribution in [1.82, 2.24) is 0 Å². The molecule has 21 heavy (non-hydrogen) atoms. The summed E-state index contributed by atoms with van der Waals surface area (Å²) in [5.41, 5.74) is 0.646. The number of sulfonamides is 1. The van der Waals surface area contributed by atoms with Crippen molar-refractivity contribution in [2.45, 2.75) is 5.75 Å². The number of hydrogen-bond donors (Lipinski definition) is 2. The summed E-state index contributed by atoms with van der Waals surface area (Å²) in [7, 11) is -3.59. The Kier molecular flexibility index (Phi) is 4.20. The minimum absolute atomic E-state index is 0.197. The molecular weight excluding hydrogens is 296 g/mol. The minimum Gasteiger partial charge on any atom is -0.430 e. The summed E-state index contributed by atoms with van der Waals surface area (Å²) >= 11 is 0. The maximum atomic E-state index is 11.9. The van der Waals surface area contributed by atoms with Gasteiger partial charge in [0.1, 0.15) is 6.26 Å². The van der Waals surface area contributed by atoms with E-state index in [-0.39, 0.29) is 11.3 Å².